The number of ether oxygens (including phenoxy) is 1. The van der Waals surface area contributed by atoms with Crippen LogP contribution >= 0.6 is 0 Å². The van der Waals surface area contributed by atoms with Crippen molar-refractivity contribution in [1.29, 1.82) is 0 Å². The lowest BCUT2D eigenvalue weighted by molar-refractivity contribution is 0.208. The van der Waals surface area contributed by atoms with E-state index in [2.05, 4.69) is 10.3 Å². The zero-order valence-corrected chi connectivity index (χ0v) is 15.8. The number of hydrogen-bond acceptors (Lipinski definition) is 6. The Balaban J connectivity index is 2.18. The molecule has 1 aromatic carbocycles. The normalized spacial score (nSPS) is 12.3. The largest absolute Gasteiger partial charge is 0.497 e. The van der Waals surface area contributed by atoms with E-state index in [1.165, 1.54) is 11.6 Å². The smallest absolute Gasteiger partial charge is 0.332 e. The number of nitrogens with zero attached hydrogens (tertiary/aromatic N) is 4. The van der Waals surface area contributed by atoms with Crippen LogP contribution in [-0.4, -0.2) is 43.6 Å². The molecule has 1 atom stereocenters. The first-order valence-corrected chi connectivity index (χ1v) is 8.54. The lowest BCUT2D eigenvalue weighted by Gasteiger charge is -2.12. The highest BCUT2D eigenvalue weighted by Crippen LogP contribution is 2.19. The molecular formula is C18H23N5O4. The lowest BCUT2D eigenvalue weighted by Crippen LogP contribution is -2.37. The summed E-state index contributed by atoms with van der Waals surface area (Å²) >= 11 is 0. The van der Waals surface area contributed by atoms with E-state index in [0.29, 0.717) is 23.7 Å². The molecule has 0 aliphatic carbocycles. The van der Waals surface area contributed by atoms with Crippen LogP contribution in [0.3, 0.4) is 0 Å². The van der Waals surface area contributed by atoms with E-state index >= 15 is 0 Å². The van der Waals surface area contributed by atoms with Gasteiger partial charge in [0.05, 0.1) is 19.8 Å². The molecule has 0 bridgehead atoms. The summed E-state index contributed by atoms with van der Waals surface area (Å²) in [6.07, 6.45) is -0.592. The van der Waals surface area contributed by atoms with Crippen molar-refractivity contribution in [3.63, 3.8) is 0 Å². The van der Waals surface area contributed by atoms with Crippen LogP contribution in [0.25, 0.3) is 11.2 Å². The first kappa shape index (κ1) is 18.7. The van der Waals surface area contributed by atoms with Crippen molar-refractivity contribution in [3.05, 3.63) is 50.7 Å². The Morgan fingerprint density at radius 2 is 1.85 bits per heavy atom. The Morgan fingerprint density at radius 1 is 1.19 bits per heavy atom. The Morgan fingerprint density at radius 3 is 2.44 bits per heavy atom. The summed E-state index contributed by atoms with van der Waals surface area (Å²) in [5.74, 6) is 1.15. The summed E-state index contributed by atoms with van der Waals surface area (Å²) in [6.45, 7) is 2.29. The first-order valence-electron chi connectivity index (χ1n) is 8.54. The highest BCUT2D eigenvalue weighted by molar-refractivity contribution is 5.74. The Hall–Kier alpha value is -3.07. The second-order valence-electron chi connectivity index (χ2n) is 6.48. The summed E-state index contributed by atoms with van der Waals surface area (Å²) in [6, 6.07) is 7.47. The van der Waals surface area contributed by atoms with E-state index in [1.54, 1.807) is 25.6 Å². The van der Waals surface area contributed by atoms with Crippen LogP contribution in [0, 0.1) is 0 Å². The molecule has 0 spiro atoms. The molecule has 3 rings (SSSR count). The zero-order chi connectivity index (χ0) is 19.7. The van der Waals surface area contributed by atoms with Gasteiger partial charge in [-0.3, -0.25) is 18.5 Å². The second kappa shape index (κ2) is 7.28. The molecule has 0 aliphatic heterocycles. The fraction of sp³-hybridized carbons (Fsp3) is 0.389. The molecule has 3 aromatic rings. The van der Waals surface area contributed by atoms with Gasteiger partial charge in [0, 0.05) is 20.6 Å². The standard InChI is InChI=1S/C18H23N5O4/c1-11(24)9-19-17-20-15-14(16(25)22(3)18(26)21(15)2)23(17)10-12-5-7-13(27-4)8-6-12/h5-8,11,24H,9-10H2,1-4H3,(H,19,20)/t11-/m1/s1. The van der Waals surface area contributed by atoms with Gasteiger partial charge in [-0.25, -0.2) is 4.79 Å². The van der Waals surface area contributed by atoms with Crippen molar-refractivity contribution in [2.24, 2.45) is 14.1 Å². The van der Waals surface area contributed by atoms with Crippen LogP contribution in [0.15, 0.2) is 33.9 Å². The van der Waals surface area contributed by atoms with Crippen molar-refractivity contribution in [1.82, 2.24) is 18.7 Å². The number of methoxy groups -OCH3 is 1. The van der Waals surface area contributed by atoms with Crippen molar-refractivity contribution < 1.29 is 9.84 Å². The van der Waals surface area contributed by atoms with E-state index in [0.717, 1.165) is 15.9 Å². The first-order chi connectivity index (χ1) is 12.8. The third kappa shape index (κ3) is 3.45. The quantitative estimate of drug-likeness (QED) is 0.643. The number of aliphatic hydroxyl groups excluding tert-OH is 1. The average molecular weight is 373 g/mol. The molecule has 0 aliphatic rings. The molecule has 0 fully saturated rings. The molecule has 0 radical (unpaired) electrons. The number of nitrogens with one attached hydrogen (secondary N) is 1. The molecule has 2 aromatic heterocycles. The number of aromatic nitrogens is 4. The molecule has 2 N–H and O–H groups in total. The zero-order valence-electron chi connectivity index (χ0n) is 15.8. The molecule has 9 heteroatoms. The number of imidazole rings is 1. The Kier molecular flexibility index (Phi) is 5.04. The summed E-state index contributed by atoms with van der Waals surface area (Å²) in [4.78, 5) is 29.4. The maximum absolute atomic E-state index is 12.8. The van der Waals surface area contributed by atoms with Crippen molar-refractivity contribution in [2.75, 3.05) is 19.0 Å². The van der Waals surface area contributed by atoms with E-state index in [9.17, 15) is 14.7 Å². The van der Waals surface area contributed by atoms with Gasteiger partial charge in [0.25, 0.3) is 5.56 Å². The molecule has 0 unspecified atom stereocenters. The van der Waals surface area contributed by atoms with Gasteiger partial charge in [-0.2, -0.15) is 4.98 Å². The molecule has 27 heavy (non-hydrogen) atoms. The highest BCUT2D eigenvalue weighted by Gasteiger charge is 2.19. The van der Waals surface area contributed by atoms with Gasteiger partial charge in [-0.05, 0) is 24.6 Å². The SMILES string of the molecule is COc1ccc(Cn2c(NC[C@@H](C)O)nc3c2c(=O)n(C)c(=O)n3C)cc1. The number of hydrogen-bond donors (Lipinski definition) is 2. The second-order valence-corrected chi connectivity index (χ2v) is 6.48. The fourth-order valence-corrected chi connectivity index (χ4v) is 2.89. The van der Waals surface area contributed by atoms with Gasteiger partial charge in [-0.15, -0.1) is 0 Å². The minimum absolute atomic E-state index is 0.264. The monoisotopic (exact) mass is 373 g/mol. The van der Waals surface area contributed by atoms with Gasteiger partial charge in [0.2, 0.25) is 5.95 Å². The maximum atomic E-state index is 12.8. The van der Waals surface area contributed by atoms with Crippen LogP contribution in [0.2, 0.25) is 0 Å². The predicted octanol–water partition coefficient (Wildman–Crippen LogP) is 0.283. The summed E-state index contributed by atoms with van der Waals surface area (Å²) in [5.41, 5.74) is 0.696. The molecule has 2 heterocycles. The van der Waals surface area contributed by atoms with Crippen LogP contribution in [-0.2, 0) is 20.6 Å². The van der Waals surface area contributed by atoms with E-state index in [1.807, 2.05) is 24.3 Å². The van der Waals surface area contributed by atoms with Crippen LogP contribution < -0.4 is 21.3 Å². The number of benzene rings is 1. The fourth-order valence-electron chi connectivity index (χ4n) is 2.89. The van der Waals surface area contributed by atoms with Crippen molar-refractivity contribution in [2.45, 2.75) is 19.6 Å². The van der Waals surface area contributed by atoms with Gasteiger partial charge in [0.1, 0.15) is 5.75 Å². The molecule has 0 saturated carbocycles. The third-order valence-electron chi connectivity index (χ3n) is 4.40. The third-order valence-corrected chi connectivity index (χ3v) is 4.40. The molecule has 9 nitrogen and oxygen atoms in total. The van der Waals surface area contributed by atoms with Gasteiger partial charge < -0.3 is 15.2 Å². The summed E-state index contributed by atoms with van der Waals surface area (Å²) in [7, 11) is 4.62. The highest BCUT2D eigenvalue weighted by atomic mass is 16.5. The molecule has 0 saturated heterocycles. The topological polar surface area (TPSA) is 103 Å². The van der Waals surface area contributed by atoms with E-state index in [-0.39, 0.29) is 6.54 Å². The van der Waals surface area contributed by atoms with Crippen molar-refractivity contribution >= 4 is 17.1 Å². The number of aliphatic hydroxyl groups is 1. The Bertz CT molecular complexity index is 1080. The minimum Gasteiger partial charge on any atom is -0.497 e. The van der Waals surface area contributed by atoms with Gasteiger partial charge in [0.15, 0.2) is 11.2 Å². The summed E-state index contributed by atoms with van der Waals surface area (Å²) in [5, 5.41) is 12.6. The van der Waals surface area contributed by atoms with Gasteiger partial charge in [-0.1, -0.05) is 12.1 Å². The molecule has 144 valence electrons. The predicted molar refractivity (Wildman–Crippen MR) is 102 cm³/mol. The van der Waals surface area contributed by atoms with E-state index < -0.39 is 17.4 Å². The van der Waals surface area contributed by atoms with Crippen LogP contribution in [0.5, 0.6) is 5.75 Å². The number of anilines is 1. The van der Waals surface area contributed by atoms with Crippen LogP contribution in [0.4, 0.5) is 5.95 Å². The lowest BCUT2D eigenvalue weighted by atomic mass is 10.2. The minimum atomic E-state index is -0.592. The number of aryl methyl sites for hydroxylation is 1. The average Bonchev–Trinajstić information content (AvgIpc) is 3.02. The number of rotatable bonds is 6. The van der Waals surface area contributed by atoms with Crippen LogP contribution in [0.1, 0.15) is 12.5 Å². The number of fused-ring (bicyclic) bond motifs is 1. The molecular weight excluding hydrogens is 350 g/mol. The van der Waals surface area contributed by atoms with Gasteiger partial charge >= 0.3 is 5.69 Å². The Labute approximate surface area is 155 Å². The summed E-state index contributed by atoms with van der Waals surface area (Å²) < 4.78 is 9.30. The van der Waals surface area contributed by atoms with Crippen molar-refractivity contribution in [3.8, 4) is 5.75 Å². The maximum Gasteiger partial charge on any atom is 0.332 e. The molecule has 0 amide bonds. The van der Waals surface area contributed by atoms with E-state index in [4.69, 9.17) is 4.74 Å².